The maximum Gasteiger partial charge on any atom is 0.251 e. The number of hydrogen-bond acceptors (Lipinski definition) is 4. The Morgan fingerprint density at radius 3 is 2.95 bits per heavy atom. The Bertz CT molecular complexity index is 672. The molecular weight excluding hydrogens is 322 g/mol. The van der Waals surface area contributed by atoms with Crippen LogP contribution in [0.1, 0.15) is 34.6 Å². The molecule has 1 aliphatic heterocycles. The van der Waals surface area contributed by atoms with Crippen LogP contribution in [0.5, 0.6) is 11.5 Å². The van der Waals surface area contributed by atoms with E-state index in [9.17, 15) is 4.79 Å². The van der Waals surface area contributed by atoms with Crippen LogP contribution in [0.15, 0.2) is 29.6 Å². The predicted molar refractivity (Wildman–Crippen MR) is 87.3 cm³/mol. The maximum absolute atomic E-state index is 12.4. The minimum absolute atomic E-state index is 0.0535. The molecule has 0 aliphatic carbocycles. The van der Waals surface area contributed by atoms with Gasteiger partial charge >= 0.3 is 0 Å². The van der Waals surface area contributed by atoms with Crippen LogP contribution in [-0.2, 0) is 0 Å². The molecule has 0 spiro atoms. The lowest BCUT2D eigenvalue weighted by Crippen LogP contribution is -2.26. The Hall–Kier alpha value is -1.72. The molecule has 1 N–H and O–H groups in total. The van der Waals surface area contributed by atoms with E-state index in [1.807, 2.05) is 24.4 Å². The van der Waals surface area contributed by atoms with Crippen LogP contribution >= 0.6 is 22.9 Å². The first-order valence-electron chi connectivity index (χ1n) is 7.08. The van der Waals surface area contributed by atoms with Crippen molar-refractivity contribution in [2.24, 2.45) is 0 Å². The molecule has 1 amide bonds. The molecule has 0 fully saturated rings. The number of carbonyl (C=O) groups excluding carboxylic acids is 1. The number of carbonyl (C=O) groups is 1. The van der Waals surface area contributed by atoms with Crippen molar-refractivity contribution in [2.75, 3.05) is 13.2 Å². The van der Waals surface area contributed by atoms with Gasteiger partial charge in [0.1, 0.15) is 0 Å². The monoisotopic (exact) mass is 337 g/mol. The second kappa shape index (κ2) is 6.58. The predicted octanol–water partition coefficient (Wildman–Crippen LogP) is 4.05. The van der Waals surface area contributed by atoms with Crippen LogP contribution in [0, 0.1) is 0 Å². The third-order valence-corrected chi connectivity index (χ3v) is 4.72. The fraction of sp³-hybridized carbons (Fsp3) is 0.312. The van der Waals surface area contributed by atoms with Gasteiger partial charge in [0, 0.05) is 16.9 Å². The SMILES string of the molecule is CC(NC(=O)c1cc(Cl)c2c(c1)OCCCO2)c1cccs1. The molecule has 0 bridgehead atoms. The van der Waals surface area contributed by atoms with Gasteiger partial charge in [-0.15, -0.1) is 11.3 Å². The lowest BCUT2D eigenvalue weighted by Gasteiger charge is -2.14. The second-order valence-electron chi connectivity index (χ2n) is 5.05. The average molecular weight is 338 g/mol. The zero-order valence-corrected chi connectivity index (χ0v) is 13.7. The third-order valence-electron chi connectivity index (χ3n) is 3.38. The van der Waals surface area contributed by atoms with E-state index in [1.54, 1.807) is 23.5 Å². The van der Waals surface area contributed by atoms with Crippen molar-refractivity contribution in [1.29, 1.82) is 0 Å². The van der Waals surface area contributed by atoms with Gasteiger partial charge < -0.3 is 14.8 Å². The summed E-state index contributed by atoms with van der Waals surface area (Å²) in [5.41, 5.74) is 0.470. The van der Waals surface area contributed by atoms with Crippen LogP contribution in [0.3, 0.4) is 0 Å². The number of amides is 1. The highest BCUT2D eigenvalue weighted by atomic mass is 35.5. The zero-order valence-electron chi connectivity index (χ0n) is 12.1. The molecule has 1 atom stereocenters. The number of ether oxygens (including phenoxy) is 2. The summed E-state index contributed by atoms with van der Waals surface area (Å²) in [4.78, 5) is 13.5. The van der Waals surface area contributed by atoms with Crippen LogP contribution in [0.4, 0.5) is 0 Å². The average Bonchev–Trinajstić information content (AvgIpc) is 2.93. The molecule has 1 aromatic carbocycles. The number of rotatable bonds is 3. The molecule has 1 unspecified atom stereocenters. The van der Waals surface area contributed by atoms with Crippen LogP contribution in [0.2, 0.25) is 5.02 Å². The summed E-state index contributed by atoms with van der Waals surface area (Å²) in [6.07, 6.45) is 0.794. The van der Waals surface area contributed by atoms with Crippen molar-refractivity contribution >= 4 is 28.8 Å². The first-order chi connectivity index (χ1) is 10.6. The Morgan fingerprint density at radius 1 is 1.36 bits per heavy atom. The Balaban J connectivity index is 1.81. The number of fused-ring (bicyclic) bond motifs is 1. The Morgan fingerprint density at radius 2 is 2.18 bits per heavy atom. The topological polar surface area (TPSA) is 47.6 Å². The summed E-state index contributed by atoms with van der Waals surface area (Å²) >= 11 is 7.83. The van der Waals surface area contributed by atoms with Crippen molar-refractivity contribution in [3.63, 3.8) is 0 Å². The van der Waals surface area contributed by atoms with Crippen LogP contribution < -0.4 is 14.8 Å². The summed E-state index contributed by atoms with van der Waals surface area (Å²) in [5, 5.41) is 5.35. The number of benzene rings is 1. The van der Waals surface area contributed by atoms with Crippen molar-refractivity contribution in [1.82, 2.24) is 5.32 Å². The fourth-order valence-electron chi connectivity index (χ4n) is 2.25. The molecule has 3 rings (SSSR count). The number of halogens is 1. The molecule has 2 aromatic rings. The van der Waals surface area contributed by atoms with Gasteiger partial charge in [-0.2, -0.15) is 0 Å². The molecule has 0 radical (unpaired) electrons. The molecule has 1 aliphatic rings. The number of nitrogens with one attached hydrogen (secondary N) is 1. The van der Waals surface area contributed by atoms with Crippen molar-refractivity contribution in [2.45, 2.75) is 19.4 Å². The van der Waals surface area contributed by atoms with E-state index < -0.39 is 0 Å². The van der Waals surface area contributed by atoms with Gasteiger partial charge in [0.2, 0.25) is 0 Å². The standard InChI is InChI=1S/C16H16ClNO3S/c1-10(14-4-2-7-22-14)18-16(19)11-8-12(17)15-13(9-11)20-5-3-6-21-15/h2,4,7-10H,3,5-6H2,1H3,(H,18,19). The van der Waals surface area contributed by atoms with E-state index in [4.69, 9.17) is 21.1 Å². The molecule has 6 heteroatoms. The highest BCUT2D eigenvalue weighted by molar-refractivity contribution is 7.10. The second-order valence-corrected chi connectivity index (χ2v) is 6.43. The van der Waals surface area contributed by atoms with Gasteiger partial charge in [0.05, 0.1) is 24.3 Å². The maximum atomic E-state index is 12.4. The van der Waals surface area contributed by atoms with E-state index in [-0.39, 0.29) is 11.9 Å². The van der Waals surface area contributed by atoms with E-state index in [0.29, 0.717) is 35.3 Å². The molecule has 2 heterocycles. The molecule has 1 aromatic heterocycles. The van der Waals surface area contributed by atoms with Crippen LogP contribution in [0.25, 0.3) is 0 Å². The lowest BCUT2D eigenvalue weighted by molar-refractivity contribution is 0.0940. The molecule has 0 saturated carbocycles. The smallest absolute Gasteiger partial charge is 0.251 e. The van der Waals surface area contributed by atoms with Gasteiger partial charge in [-0.25, -0.2) is 0 Å². The van der Waals surface area contributed by atoms with E-state index in [2.05, 4.69) is 5.32 Å². The van der Waals surface area contributed by atoms with Gasteiger partial charge in [-0.1, -0.05) is 17.7 Å². The highest BCUT2D eigenvalue weighted by Gasteiger charge is 2.19. The minimum atomic E-state index is -0.182. The van der Waals surface area contributed by atoms with Gasteiger partial charge in [0.25, 0.3) is 5.91 Å². The quantitative estimate of drug-likeness (QED) is 0.919. The minimum Gasteiger partial charge on any atom is -0.489 e. The summed E-state index contributed by atoms with van der Waals surface area (Å²) in [6, 6.07) is 7.21. The summed E-state index contributed by atoms with van der Waals surface area (Å²) in [5.74, 6) is 0.861. The molecule has 116 valence electrons. The summed E-state index contributed by atoms with van der Waals surface area (Å²) < 4.78 is 11.2. The van der Waals surface area contributed by atoms with E-state index in [0.717, 1.165) is 11.3 Å². The normalized spacial score (nSPS) is 15.0. The number of hydrogen-bond donors (Lipinski definition) is 1. The van der Waals surface area contributed by atoms with Gasteiger partial charge in [-0.3, -0.25) is 4.79 Å². The molecule has 0 saturated heterocycles. The third kappa shape index (κ3) is 3.20. The first kappa shape index (κ1) is 15.2. The van der Waals surface area contributed by atoms with Crippen LogP contribution in [-0.4, -0.2) is 19.1 Å². The van der Waals surface area contributed by atoms with E-state index >= 15 is 0 Å². The van der Waals surface area contributed by atoms with Gasteiger partial charge in [0.15, 0.2) is 11.5 Å². The first-order valence-corrected chi connectivity index (χ1v) is 8.34. The zero-order chi connectivity index (χ0) is 15.5. The lowest BCUT2D eigenvalue weighted by atomic mass is 10.1. The number of thiophene rings is 1. The molecule has 22 heavy (non-hydrogen) atoms. The van der Waals surface area contributed by atoms with Crippen molar-refractivity contribution in [3.8, 4) is 11.5 Å². The van der Waals surface area contributed by atoms with Crippen molar-refractivity contribution < 1.29 is 14.3 Å². The largest absolute Gasteiger partial charge is 0.489 e. The molecule has 4 nitrogen and oxygen atoms in total. The fourth-order valence-corrected chi connectivity index (χ4v) is 3.25. The van der Waals surface area contributed by atoms with Crippen molar-refractivity contribution in [3.05, 3.63) is 45.1 Å². The van der Waals surface area contributed by atoms with E-state index in [1.165, 1.54) is 0 Å². The summed E-state index contributed by atoms with van der Waals surface area (Å²) in [6.45, 7) is 3.07. The highest BCUT2D eigenvalue weighted by Crippen LogP contribution is 2.38. The Labute approximate surface area is 138 Å². The summed E-state index contributed by atoms with van der Waals surface area (Å²) in [7, 11) is 0. The molecular formula is C16H16ClNO3S. The Kier molecular flexibility index (Phi) is 4.55. The van der Waals surface area contributed by atoms with Gasteiger partial charge in [-0.05, 0) is 30.5 Å².